The molecule has 1 aromatic heterocycles. The summed E-state index contributed by atoms with van der Waals surface area (Å²) in [5.74, 6) is 0. The Morgan fingerprint density at radius 2 is 2.16 bits per heavy atom. The number of aromatic nitrogens is 1. The van der Waals surface area contributed by atoms with Crippen LogP contribution < -0.4 is 4.72 Å². The summed E-state index contributed by atoms with van der Waals surface area (Å²) in [6.45, 7) is 4.31. The molecule has 0 aromatic carbocycles. The van der Waals surface area contributed by atoms with Crippen molar-refractivity contribution in [2.24, 2.45) is 0 Å². The van der Waals surface area contributed by atoms with Gasteiger partial charge in [-0.1, -0.05) is 6.42 Å². The van der Waals surface area contributed by atoms with Crippen molar-refractivity contribution in [1.29, 1.82) is 0 Å². The summed E-state index contributed by atoms with van der Waals surface area (Å²) in [5, 5.41) is 0. The second kappa shape index (κ2) is 5.76. The number of rotatable bonds is 3. The van der Waals surface area contributed by atoms with Crippen LogP contribution in [0, 0.1) is 6.92 Å². The topological polar surface area (TPSA) is 62.3 Å². The van der Waals surface area contributed by atoms with Gasteiger partial charge in [-0.05, 0) is 54.8 Å². The third kappa shape index (κ3) is 3.46. The highest BCUT2D eigenvalue weighted by Crippen LogP contribution is 2.23. The van der Waals surface area contributed by atoms with Crippen LogP contribution in [0.4, 0.5) is 5.69 Å². The number of aryl methyl sites for hydroxylation is 1. The second-order valence-electron chi connectivity index (χ2n) is 4.83. The third-order valence-electron chi connectivity index (χ3n) is 3.34. The smallest absolute Gasteiger partial charge is 0.269 e. The number of hydrogen-bond donors (Lipinski definition) is 1. The minimum absolute atomic E-state index is 0.0509. The lowest BCUT2D eigenvalue weighted by molar-refractivity contribution is 0.270. The van der Waals surface area contributed by atoms with Crippen molar-refractivity contribution in [1.82, 2.24) is 9.29 Å². The Balaban J connectivity index is 2.20. The van der Waals surface area contributed by atoms with Crippen molar-refractivity contribution >= 4 is 31.8 Å². The average molecular weight is 348 g/mol. The lowest BCUT2D eigenvalue weighted by Gasteiger charge is -2.32. The van der Waals surface area contributed by atoms with Crippen molar-refractivity contribution in [2.45, 2.75) is 39.2 Å². The molecule has 2 heterocycles. The monoisotopic (exact) mass is 347 g/mol. The standard InChI is InChI=1S/C12H18BrN3O2S/c1-9-5-3-4-8-16(9)19(17,18)15-11-6-7-12(13)14-10(11)2/h6-7,9,15H,3-5,8H2,1-2H3. The van der Waals surface area contributed by atoms with Gasteiger partial charge in [0.05, 0.1) is 11.4 Å². The maximum atomic E-state index is 12.4. The van der Waals surface area contributed by atoms with Crippen molar-refractivity contribution in [2.75, 3.05) is 11.3 Å². The molecule has 1 aliphatic heterocycles. The van der Waals surface area contributed by atoms with Crippen LogP contribution in [0.1, 0.15) is 31.9 Å². The van der Waals surface area contributed by atoms with E-state index < -0.39 is 10.2 Å². The Kier molecular flexibility index (Phi) is 4.47. The first-order valence-electron chi connectivity index (χ1n) is 6.33. The molecule has 106 valence electrons. The third-order valence-corrected chi connectivity index (χ3v) is 5.42. The first kappa shape index (κ1) is 14.7. The van der Waals surface area contributed by atoms with Gasteiger partial charge in [0.1, 0.15) is 4.60 Å². The molecule has 7 heteroatoms. The van der Waals surface area contributed by atoms with Crippen LogP contribution in [0.25, 0.3) is 0 Å². The summed E-state index contributed by atoms with van der Waals surface area (Å²) >= 11 is 3.26. The molecule has 1 unspecified atom stereocenters. The van der Waals surface area contributed by atoms with Gasteiger partial charge in [-0.3, -0.25) is 4.72 Å². The minimum atomic E-state index is -3.49. The highest BCUT2D eigenvalue weighted by Gasteiger charge is 2.29. The minimum Gasteiger partial charge on any atom is -0.269 e. The fourth-order valence-corrected chi connectivity index (χ4v) is 4.22. The van der Waals surface area contributed by atoms with Gasteiger partial charge >= 0.3 is 10.2 Å². The van der Waals surface area contributed by atoms with E-state index in [0.29, 0.717) is 22.5 Å². The summed E-state index contributed by atoms with van der Waals surface area (Å²) < 4.78 is 29.6. The van der Waals surface area contributed by atoms with E-state index in [4.69, 9.17) is 0 Å². The van der Waals surface area contributed by atoms with Gasteiger partial charge in [-0.2, -0.15) is 12.7 Å². The van der Waals surface area contributed by atoms with Gasteiger partial charge < -0.3 is 0 Å². The van der Waals surface area contributed by atoms with Crippen LogP contribution in [0.5, 0.6) is 0 Å². The van der Waals surface area contributed by atoms with Crippen LogP contribution in [0.2, 0.25) is 0 Å². The molecule has 5 nitrogen and oxygen atoms in total. The molecule has 19 heavy (non-hydrogen) atoms. The lowest BCUT2D eigenvalue weighted by Crippen LogP contribution is -2.44. The molecule has 0 aliphatic carbocycles. The Bertz CT molecular complexity index is 562. The molecule has 0 saturated carbocycles. The molecule has 2 rings (SSSR count). The zero-order valence-electron chi connectivity index (χ0n) is 11.1. The van der Waals surface area contributed by atoms with Crippen LogP contribution >= 0.6 is 15.9 Å². The van der Waals surface area contributed by atoms with Gasteiger partial charge in [0.15, 0.2) is 0 Å². The highest BCUT2D eigenvalue weighted by atomic mass is 79.9. The average Bonchev–Trinajstić information content (AvgIpc) is 2.33. The van der Waals surface area contributed by atoms with Crippen LogP contribution in [-0.2, 0) is 10.2 Å². The van der Waals surface area contributed by atoms with E-state index in [-0.39, 0.29) is 6.04 Å². The molecular formula is C12H18BrN3O2S. The Morgan fingerprint density at radius 1 is 1.42 bits per heavy atom. The van der Waals surface area contributed by atoms with E-state index in [9.17, 15) is 8.42 Å². The summed E-state index contributed by atoms with van der Waals surface area (Å²) in [6.07, 6.45) is 2.92. The van der Waals surface area contributed by atoms with Crippen LogP contribution in [0.3, 0.4) is 0 Å². The number of hydrogen-bond acceptors (Lipinski definition) is 3. The summed E-state index contributed by atoms with van der Waals surface area (Å²) in [6, 6.07) is 3.50. The van der Waals surface area contributed by atoms with E-state index in [0.717, 1.165) is 19.3 Å². The zero-order chi connectivity index (χ0) is 14.0. The van der Waals surface area contributed by atoms with Gasteiger partial charge in [-0.25, -0.2) is 4.98 Å². The number of pyridine rings is 1. The summed E-state index contributed by atoms with van der Waals surface area (Å²) in [5.41, 5.74) is 1.18. The molecule has 1 atom stereocenters. The lowest BCUT2D eigenvalue weighted by atomic mass is 10.1. The Labute approximate surface area is 122 Å². The maximum absolute atomic E-state index is 12.4. The number of nitrogens with one attached hydrogen (secondary N) is 1. The molecule has 1 aliphatic rings. The number of piperidine rings is 1. The van der Waals surface area contributed by atoms with Crippen LogP contribution in [0.15, 0.2) is 16.7 Å². The molecule has 0 bridgehead atoms. The van der Waals surface area contributed by atoms with Gasteiger partial charge in [-0.15, -0.1) is 0 Å². The molecule has 1 N–H and O–H groups in total. The van der Waals surface area contributed by atoms with E-state index in [1.54, 1.807) is 19.1 Å². The SMILES string of the molecule is Cc1nc(Br)ccc1NS(=O)(=O)N1CCCCC1C. The molecule has 1 fully saturated rings. The molecule has 0 radical (unpaired) electrons. The van der Waals surface area contributed by atoms with Gasteiger partial charge in [0.2, 0.25) is 0 Å². The van der Waals surface area contributed by atoms with E-state index in [2.05, 4.69) is 25.6 Å². The van der Waals surface area contributed by atoms with Crippen molar-refractivity contribution in [3.63, 3.8) is 0 Å². The van der Waals surface area contributed by atoms with Crippen molar-refractivity contribution < 1.29 is 8.42 Å². The summed E-state index contributed by atoms with van der Waals surface area (Å²) in [7, 11) is -3.49. The first-order chi connectivity index (χ1) is 8.90. The highest BCUT2D eigenvalue weighted by molar-refractivity contribution is 9.10. The summed E-state index contributed by atoms with van der Waals surface area (Å²) in [4.78, 5) is 4.19. The van der Waals surface area contributed by atoms with Crippen LogP contribution in [-0.4, -0.2) is 30.3 Å². The number of halogens is 1. The first-order valence-corrected chi connectivity index (χ1v) is 8.56. The Hall–Kier alpha value is -0.660. The van der Waals surface area contributed by atoms with E-state index >= 15 is 0 Å². The van der Waals surface area contributed by atoms with Crippen molar-refractivity contribution in [3.05, 3.63) is 22.4 Å². The molecule has 1 saturated heterocycles. The van der Waals surface area contributed by atoms with Gasteiger partial charge in [0, 0.05) is 12.6 Å². The molecule has 0 spiro atoms. The predicted octanol–water partition coefficient (Wildman–Crippen LogP) is 2.68. The normalized spacial score (nSPS) is 21.3. The second-order valence-corrected chi connectivity index (χ2v) is 7.27. The van der Waals surface area contributed by atoms with E-state index in [1.165, 1.54) is 4.31 Å². The molecular weight excluding hydrogens is 330 g/mol. The van der Waals surface area contributed by atoms with E-state index in [1.807, 2.05) is 6.92 Å². The number of nitrogens with zero attached hydrogens (tertiary/aromatic N) is 2. The maximum Gasteiger partial charge on any atom is 0.301 e. The fourth-order valence-electron chi connectivity index (χ4n) is 2.26. The zero-order valence-corrected chi connectivity index (χ0v) is 13.5. The fraction of sp³-hybridized carbons (Fsp3) is 0.583. The number of anilines is 1. The quantitative estimate of drug-likeness (QED) is 0.855. The van der Waals surface area contributed by atoms with Crippen molar-refractivity contribution in [3.8, 4) is 0 Å². The largest absolute Gasteiger partial charge is 0.301 e. The van der Waals surface area contributed by atoms with Gasteiger partial charge in [0.25, 0.3) is 0 Å². The Morgan fingerprint density at radius 3 is 2.79 bits per heavy atom. The predicted molar refractivity (Wildman–Crippen MR) is 79.2 cm³/mol. The molecule has 0 amide bonds. The molecule has 1 aromatic rings.